The Labute approximate surface area is 286 Å². The zero-order valence-corrected chi connectivity index (χ0v) is 28.2. The summed E-state index contributed by atoms with van der Waals surface area (Å²) in [4.78, 5) is 2.38. The number of anilines is 3. The summed E-state index contributed by atoms with van der Waals surface area (Å²) >= 11 is 6.47. The van der Waals surface area contributed by atoms with Crippen LogP contribution >= 0.6 is 11.6 Å². The predicted molar refractivity (Wildman–Crippen MR) is 205 cm³/mol. The predicted octanol–water partition coefficient (Wildman–Crippen LogP) is 13.0. The molecule has 0 N–H and O–H groups in total. The lowest BCUT2D eigenvalue weighted by Crippen LogP contribution is -2.20. The second-order valence-electron chi connectivity index (χ2n) is 13.6. The molecular weight excluding hydrogens is 606 g/mol. The van der Waals surface area contributed by atoms with E-state index in [2.05, 4.69) is 155 Å². The number of benzene rings is 6. The molecule has 8 aromatic rings. The van der Waals surface area contributed by atoms with Crippen LogP contribution in [0.4, 0.5) is 17.1 Å². The summed E-state index contributed by atoms with van der Waals surface area (Å²) in [6.07, 6.45) is 4.56. The molecule has 4 heteroatoms. The van der Waals surface area contributed by atoms with Crippen molar-refractivity contribution in [2.75, 3.05) is 4.90 Å². The highest BCUT2D eigenvalue weighted by atomic mass is 35.5. The number of aromatic nitrogens is 2. The van der Waals surface area contributed by atoms with Crippen LogP contribution < -0.4 is 4.90 Å². The molecule has 48 heavy (non-hydrogen) atoms. The van der Waals surface area contributed by atoms with E-state index in [1.165, 1.54) is 60.4 Å². The van der Waals surface area contributed by atoms with E-state index in [9.17, 15) is 0 Å². The van der Waals surface area contributed by atoms with Gasteiger partial charge in [0.2, 0.25) is 0 Å². The third-order valence-electron chi connectivity index (χ3n) is 10.6. The topological polar surface area (TPSA) is 13.1 Å². The fraction of sp³-hybridized carbons (Fsp3) is 0.182. The molecule has 2 heterocycles. The Kier molecular flexibility index (Phi) is 7.06. The molecule has 1 saturated carbocycles. The molecule has 236 valence electrons. The first-order valence-corrected chi connectivity index (χ1v) is 17.6. The van der Waals surface area contributed by atoms with Crippen molar-refractivity contribution in [3.63, 3.8) is 0 Å². The van der Waals surface area contributed by atoms with Gasteiger partial charge in [-0.1, -0.05) is 83.4 Å². The maximum Gasteiger partial charge on any atom is 0.0495 e. The largest absolute Gasteiger partial charge is 0.337 e. The average molecular weight is 644 g/mol. The molecule has 0 amide bonds. The van der Waals surface area contributed by atoms with E-state index in [-0.39, 0.29) is 0 Å². The third kappa shape index (κ3) is 4.79. The van der Waals surface area contributed by atoms with Gasteiger partial charge in [0.25, 0.3) is 0 Å². The summed E-state index contributed by atoms with van der Waals surface area (Å²) in [7, 11) is 0. The normalized spacial score (nSPS) is 16.7. The van der Waals surface area contributed by atoms with Gasteiger partial charge in [-0.2, -0.15) is 0 Å². The van der Waals surface area contributed by atoms with Gasteiger partial charge in [0.15, 0.2) is 0 Å². The van der Waals surface area contributed by atoms with E-state index in [0.717, 1.165) is 42.1 Å². The molecule has 9 rings (SSSR count). The van der Waals surface area contributed by atoms with Crippen LogP contribution in [0.25, 0.3) is 43.6 Å². The Morgan fingerprint density at radius 3 is 1.40 bits per heavy atom. The first-order valence-electron chi connectivity index (χ1n) is 17.2. The van der Waals surface area contributed by atoms with E-state index in [1.54, 1.807) is 0 Å². The zero-order chi connectivity index (χ0) is 32.4. The Hall–Kier alpha value is -4.99. The standard InChI is InChI=1S/C44H38ClN3/c1-29-11-16-32(17-12-29)46(33-18-13-30(2)14-19-33)36-24-26-44-40(28-36)38-8-4-6-10-42(38)48(44)35-22-20-34(21-23-35)47-41-9-5-3-7-37(41)39-27-31(45)15-25-43(39)47/h3-19,24-28,34-35H,20-23H2,1-2H3. The van der Waals surface area contributed by atoms with Crippen LogP contribution in [0, 0.1) is 13.8 Å². The molecule has 0 radical (unpaired) electrons. The van der Waals surface area contributed by atoms with E-state index < -0.39 is 0 Å². The number of rotatable bonds is 5. The van der Waals surface area contributed by atoms with Crippen molar-refractivity contribution in [2.24, 2.45) is 0 Å². The molecule has 1 fully saturated rings. The first-order chi connectivity index (χ1) is 23.5. The number of hydrogen-bond acceptors (Lipinski definition) is 1. The summed E-state index contributed by atoms with van der Waals surface area (Å²) in [5, 5.41) is 5.98. The molecule has 0 unspecified atom stereocenters. The van der Waals surface area contributed by atoms with E-state index in [0.29, 0.717) is 12.1 Å². The fourth-order valence-corrected chi connectivity index (χ4v) is 8.47. The van der Waals surface area contributed by atoms with Crippen LogP contribution in [0.1, 0.15) is 48.9 Å². The maximum atomic E-state index is 6.47. The molecule has 0 saturated heterocycles. The van der Waals surface area contributed by atoms with Gasteiger partial charge in [0.05, 0.1) is 0 Å². The lowest BCUT2D eigenvalue weighted by molar-refractivity contribution is 0.290. The molecular formula is C44H38ClN3. The second-order valence-corrected chi connectivity index (χ2v) is 14.0. The summed E-state index contributed by atoms with van der Waals surface area (Å²) in [5.41, 5.74) is 11.3. The number of halogens is 1. The Balaban J connectivity index is 1.10. The molecule has 1 aliphatic rings. The number of aryl methyl sites for hydroxylation is 2. The van der Waals surface area contributed by atoms with Crippen molar-refractivity contribution < 1.29 is 0 Å². The molecule has 3 nitrogen and oxygen atoms in total. The van der Waals surface area contributed by atoms with Crippen molar-refractivity contribution in [3.05, 3.63) is 150 Å². The monoisotopic (exact) mass is 643 g/mol. The highest BCUT2D eigenvalue weighted by molar-refractivity contribution is 6.31. The third-order valence-corrected chi connectivity index (χ3v) is 10.8. The Morgan fingerprint density at radius 2 is 0.875 bits per heavy atom. The molecule has 2 aromatic heterocycles. The smallest absolute Gasteiger partial charge is 0.0495 e. The minimum absolute atomic E-state index is 0.447. The van der Waals surface area contributed by atoms with E-state index >= 15 is 0 Å². The van der Waals surface area contributed by atoms with Gasteiger partial charge in [-0.15, -0.1) is 0 Å². The quantitative estimate of drug-likeness (QED) is 0.182. The van der Waals surface area contributed by atoms with Gasteiger partial charge in [-0.3, -0.25) is 0 Å². The second kappa shape index (κ2) is 11.6. The lowest BCUT2D eigenvalue weighted by atomic mass is 9.90. The van der Waals surface area contributed by atoms with Crippen LogP contribution in [0.3, 0.4) is 0 Å². The average Bonchev–Trinajstić information content (AvgIpc) is 3.62. The highest BCUT2D eigenvalue weighted by Gasteiger charge is 2.28. The van der Waals surface area contributed by atoms with Crippen LogP contribution in [-0.4, -0.2) is 9.13 Å². The number of nitrogens with zero attached hydrogens (tertiary/aromatic N) is 3. The van der Waals surface area contributed by atoms with Gasteiger partial charge < -0.3 is 14.0 Å². The van der Waals surface area contributed by atoms with E-state index in [4.69, 9.17) is 11.6 Å². The summed E-state index contributed by atoms with van der Waals surface area (Å²) in [6, 6.07) is 49.9. The van der Waals surface area contributed by atoms with Gasteiger partial charge in [0.1, 0.15) is 0 Å². The number of para-hydroxylation sites is 2. The van der Waals surface area contributed by atoms with Gasteiger partial charge in [-0.05, 0) is 112 Å². The lowest BCUT2D eigenvalue weighted by Gasteiger charge is -2.32. The molecule has 1 aliphatic carbocycles. The number of fused-ring (bicyclic) bond motifs is 6. The highest BCUT2D eigenvalue weighted by Crippen LogP contribution is 2.45. The zero-order valence-electron chi connectivity index (χ0n) is 27.4. The minimum Gasteiger partial charge on any atom is -0.337 e. The molecule has 0 bridgehead atoms. The minimum atomic E-state index is 0.447. The van der Waals surface area contributed by atoms with Gasteiger partial charge in [0, 0.05) is 77.8 Å². The molecule has 0 spiro atoms. The first kappa shape index (κ1) is 29.2. The Morgan fingerprint density at radius 1 is 0.458 bits per heavy atom. The molecule has 6 aromatic carbocycles. The Bertz CT molecular complexity index is 2400. The van der Waals surface area contributed by atoms with Crippen molar-refractivity contribution in [3.8, 4) is 0 Å². The van der Waals surface area contributed by atoms with E-state index in [1.807, 2.05) is 6.07 Å². The summed E-state index contributed by atoms with van der Waals surface area (Å²) < 4.78 is 5.25. The van der Waals surface area contributed by atoms with Crippen LogP contribution in [-0.2, 0) is 0 Å². The SMILES string of the molecule is Cc1ccc(N(c2ccc(C)cc2)c2ccc3c(c2)c2ccccc2n3C2CCC(n3c4ccccc4c4cc(Cl)ccc43)CC2)cc1. The molecule has 0 atom stereocenters. The van der Waals surface area contributed by atoms with Crippen molar-refractivity contribution in [1.82, 2.24) is 9.13 Å². The molecule has 0 aliphatic heterocycles. The van der Waals surface area contributed by atoms with Gasteiger partial charge >= 0.3 is 0 Å². The number of hydrogen-bond donors (Lipinski definition) is 0. The fourth-order valence-electron chi connectivity index (χ4n) is 8.30. The van der Waals surface area contributed by atoms with Crippen LogP contribution in [0.2, 0.25) is 5.02 Å². The van der Waals surface area contributed by atoms with Crippen molar-refractivity contribution >= 4 is 72.3 Å². The van der Waals surface area contributed by atoms with Crippen molar-refractivity contribution in [1.29, 1.82) is 0 Å². The van der Waals surface area contributed by atoms with Crippen LogP contribution in [0.15, 0.2) is 133 Å². The van der Waals surface area contributed by atoms with Crippen molar-refractivity contribution in [2.45, 2.75) is 51.6 Å². The van der Waals surface area contributed by atoms with Gasteiger partial charge in [-0.25, -0.2) is 0 Å². The maximum absolute atomic E-state index is 6.47. The summed E-state index contributed by atoms with van der Waals surface area (Å²) in [6.45, 7) is 4.29. The van der Waals surface area contributed by atoms with Crippen LogP contribution in [0.5, 0.6) is 0 Å². The summed E-state index contributed by atoms with van der Waals surface area (Å²) in [5.74, 6) is 0.